The minimum atomic E-state index is 0.145. The first-order valence-electron chi connectivity index (χ1n) is 7.06. The number of rotatable bonds is 4. The van der Waals surface area contributed by atoms with Crippen LogP contribution in [0.4, 0.5) is 11.4 Å². The number of benzene rings is 1. The van der Waals surface area contributed by atoms with Gasteiger partial charge in [0.05, 0.1) is 36.3 Å². The number of amides is 1. The largest absolute Gasteiger partial charge is 0.397 e. The Morgan fingerprint density at radius 1 is 1.43 bits per heavy atom. The molecule has 1 saturated heterocycles. The topological polar surface area (TPSA) is 96.3 Å². The first-order chi connectivity index (χ1) is 10.2. The van der Waals surface area contributed by atoms with E-state index >= 15 is 0 Å². The molecule has 3 rings (SSSR count). The van der Waals surface area contributed by atoms with Gasteiger partial charge in [-0.05, 0) is 12.1 Å². The molecule has 4 N–H and O–H groups in total. The minimum absolute atomic E-state index is 0.145. The fourth-order valence-electron chi connectivity index (χ4n) is 2.44. The van der Waals surface area contributed by atoms with Gasteiger partial charge in [-0.25, -0.2) is 0 Å². The molecule has 0 unspecified atom stereocenters. The number of carbonyl (C=O) groups is 1. The number of aromatic nitrogens is 2. The molecule has 0 atom stereocenters. The number of nitrogens with zero attached hydrogens (tertiary/aromatic N) is 2. The highest BCUT2D eigenvalue weighted by atomic mass is 16.5. The van der Waals surface area contributed by atoms with Crippen molar-refractivity contribution in [1.82, 2.24) is 15.1 Å². The maximum Gasteiger partial charge on any atom is 0.224 e. The van der Waals surface area contributed by atoms with Crippen molar-refractivity contribution in [2.24, 2.45) is 0 Å². The van der Waals surface area contributed by atoms with Gasteiger partial charge < -0.3 is 20.7 Å². The Kier molecular flexibility index (Phi) is 3.92. The van der Waals surface area contributed by atoms with E-state index in [2.05, 4.69) is 15.5 Å². The number of carbonyl (C=O) groups excluding carboxylic acids is 1. The van der Waals surface area contributed by atoms with Crippen molar-refractivity contribution in [3.8, 4) is 0 Å². The molecule has 0 saturated carbocycles. The monoisotopic (exact) mass is 289 g/mol. The molecule has 0 spiro atoms. The van der Waals surface area contributed by atoms with Gasteiger partial charge in [0.1, 0.15) is 0 Å². The van der Waals surface area contributed by atoms with E-state index < -0.39 is 0 Å². The molecular weight excluding hydrogens is 270 g/mol. The van der Waals surface area contributed by atoms with Gasteiger partial charge in [-0.1, -0.05) is 0 Å². The highest BCUT2D eigenvalue weighted by molar-refractivity contribution is 5.88. The van der Waals surface area contributed by atoms with Crippen molar-refractivity contribution in [2.45, 2.75) is 6.42 Å². The number of hydrogen-bond acceptors (Lipinski definition) is 5. The lowest BCUT2D eigenvalue weighted by Crippen LogP contribution is -2.41. The van der Waals surface area contributed by atoms with E-state index in [1.165, 1.54) is 0 Å². The summed E-state index contributed by atoms with van der Waals surface area (Å²) in [7, 11) is 0. The number of nitrogens with one attached hydrogen (secondary N) is 2. The van der Waals surface area contributed by atoms with Crippen LogP contribution >= 0.6 is 0 Å². The standard InChI is InChI=1S/C14H19N5O2/c15-11-7-10-9-17-18-12(10)8-13(11)16-2-1-14(20)19-3-5-21-6-4-19/h7-9,16H,1-6,15H2,(H,17,18). The Labute approximate surface area is 122 Å². The van der Waals surface area contributed by atoms with Crippen molar-refractivity contribution >= 4 is 28.2 Å². The van der Waals surface area contributed by atoms with Crippen molar-refractivity contribution in [2.75, 3.05) is 43.9 Å². The number of nitrogen functional groups attached to an aromatic ring is 1. The van der Waals surface area contributed by atoms with Crippen LogP contribution in [0, 0.1) is 0 Å². The van der Waals surface area contributed by atoms with Crippen molar-refractivity contribution in [3.63, 3.8) is 0 Å². The number of H-pyrrole nitrogens is 1. The lowest BCUT2D eigenvalue weighted by Gasteiger charge is -2.27. The molecule has 1 amide bonds. The lowest BCUT2D eigenvalue weighted by atomic mass is 10.2. The molecule has 1 aliphatic rings. The van der Waals surface area contributed by atoms with E-state index in [0.29, 0.717) is 45.0 Å². The summed E-state index contributed by atoms with van der Waals surface area (Å²) in [6.45, 7) is 3.17. The van der Waals surface area contributed by atoms with Crippen LogP contribution in [-0.4, -0.2) is 53.9 Å². The Balaban J connectivity index is 1.56. The van der Waals surface area contributed by atoms with E-state index in [-0.39, 0.29) is 5.91 Å². The zero-order chi connectivity index (χ0) is 14.7. The maximum absolute atomic E-state index is 12.0. The normalized spacial score (nSPS) is 15.3. The predicted octanol–water partition coefficient (Wildman–Crippen LogP) is 0.806. The SMILES string of the molecule is Nc1cc2cn[nH]c2cc1NCCC(=O)N1CCOCC1. The lowest BCUT2D eigenvalue weighted by molar-refractivity contribution is -0.134. The van der Waals surface area contributed by atoms with E-state index in [1.807, 2.05) is 17.0 Å². The third kappa shape index (κ3) is 3.08. The highest BCUT2D eigenvalue weighted by Gasteiger charge is 2.16. The minimum Gasteiger partial charge on any atom is -0.397 e. The number of ether oxygens (including phenoxy) is 1. The second kappa shape index (κ2) is 6.01. The molecule has 112 valence electrons. The van der Waals surface area contributed by atoms with Gasteiger partial charge in [0.15, 0.2) is 0 Å². The number of morpholine rings is 1. The number of fused-ring (bicyclic) bond motifs is 1. The summed E-state index contributed by atoms with van der Waals surface area (Å²) in [6.07, 6.45) is 2.18. The summed E-state index contributed by atoms with van der Waals surface area (Å²) in [5.74, 6) is 0.145. The molecule has 0 radical (unpaired) electrons. The third-order valence-corrected chi connectivity index (χ3v) is 3.63. The van der Waals surface area contributed by atoms with Crippen LogP contribution < -0.4 is 11.1 Å². The summed E-state index contributed by atoms with van der Waals surface area (Å²) in [5.41, 5.74) is 8.39. The van der Waals surface area contributed by atoms with Gasteiger partial charge in [0, 0.05) is 31.4 Å². The van der Waals surface area contributed by atoms with E-state index in [9.17, 15) is 4.79 Å². The van der Waals surface area contributed by atoms with E-state index in [1.54, 1.807) is 6.20 Å². The number of nitrogens with two attached hydrogens (primary N) is 1. The molecule has 0 bridgehead atoms. The average molecular weight is 289 g/mol. The molecule has 0 aliphatic carbocycles. The van der Waals surface area contributed by atoms with Crippen molar-refractivity contribution in [3.05, 3.63) is 18.3 Å². The summed E-state index contributed by atoms with van der Waals surface area (Å²) >= 11 is 0. The van der Waals surface area contributed by atoms with Crippen LogP contribution in [0.1, 0.15) is 6.42 Å². The second-order valence-corrected chi connectivity index (χ2v) is 5.07. The fourth-order valence-corrected chi connectivity index (χ4v) is 2.44. The zero-order valence-electron chi connectivity index (χ0n) is 11.8. The highest BCUT2D eigenvalue weighted by Crippen LogP contribution is 2.24. The van der Waals surface area contributed by atoms with Crippen LogP contribution in [0.25, 0.3) is 10.9 Å². The van der Waals surface area contributed by atoms with E-state index in [4.69, 9.17) is 10.5 Å². The zero-order valence-corrected chi connectivity index (χ0v) is 11.8. The smallest absolute Gasteiger partial charge is 0.224 e. The number of anilines is 2. The summed E-state index contributed by atoms with van der Waals surface area (Å²) in [4.78, 5) is 13.9. The molecular formula is C14H19N5O2. The predicted molar refractivity (Wildman–Crippen MR) is 81.0 cm³/mol. The molecule has 1 aliphatic heterocycles. The summed E-state index contributed by atoms with van der Waals surface area (Å²) in [5, 5.41) is 11.1. The first kappa shape index (κ1) is 13.7. The molecule has 21 heavy (non-hydrogen) atoms. The van der Waals surface area contributed by atoms with Crippen LogP contribution in [0.3, 0.4) is 0 Å². The molecule has 7 heteroatoms. The Hall–Kier alpha value is -2.28. The van der Waals surface area contributed by atoms with Crippen molar-refractivity contribution < 1.29 is 9.53 Å². The Morgan fingerprint density at radius 2 is 2.24 bits per heavy atom. The van der Waals surface area contributed by atoms with Gasteiger partial charge in [-0.15, -0.1) is 0 Å². The van der Waals surface area contributed by atoms with E-state index in [0.717, 1.165) is 16.6 Å². The molecule has 2 aromatic rings. The molecule has 1 aromatic carbocycles. The van der Waals surface area contributed by atoms with Crippen LogP contribution in [0.2, 0.25) is 0 Å². The Bertz CT molecular complexity index is 633. The van der Waals surface area contributed by atoms with Crippen LogP contribution in [0.15, 0.2) is 18.3 Å². The number of hydrogen-bond donors (Lipinski definition) is 3. The quantitative estimate of drug-likeness (QED) is 0.724. The summed E-state index contributed by atoms with van der Waals surface area (Å²) < 4.78 is 5.24. The Morgan fingerprint density at radius 3 is 3.05 bits per heavy atom. The fraction of sp³-hybridized carbons (Fsp3) is 0.429. The van der Waals surface area contributed by atoms with Gasteiger partial charge in [0.2, 0.25) is 5.91 Å². The molecule has 1 fully saturated rings. The van der Waals surface area contributed by atoms with Gasteiger partial charge in [0.25, 0.3) is 0 Å². The average Bonchev–Trinajstić information content (AvgIpc) is 2.95. The van der Waals surface area contributed by atoms with Gasteiger partial charge >= 0.3 is 0 Å². The number of aromatic amines is 1. The molecule has 2 heterocycles. The summed E-state index contributed by atoms with van der Waals surface area (Å²) in [6, 6.07) is 3.78. The maximum atomic E-state index is 12.0. The van der Waals surface area contributed by atoms with Gasteiger partial charge in [-0.3, -0.25) is 9.89 Å². The first-order valence-corrected chi connectivity index (χ1v) is 7.06. The van der Waals surface area contributed by atoms with Crippen molar-refractivity contribution in [1.29, 1.82) is 0 Å². The van der Waals surface area contributed by atoms with Crippen LogP contribution in [0.5, 0.6) is 0 Å². The van der Waals surface area contributed by atoms with Crippen LogP contribution in [-0.2, 0) is 9.53 Å². The molecule has 1 aromatic heterocycles. The van der Waals surface area contributed by atoms with Gasteiger partial charge in [-0.2, -0.15) is 5.10 Å². The second-order valence-electron chi connectivity index (χ2n) is 5.07. The third-order valence-electron chi connectivity index (χ3n) is 3.63. The molecule has 7 nitrogen and oxygen atoms in total.